The van der Waals surface area contributed by atoms with Crippen LogP contribution in [0.25, 0.3) is 33.5 Å². The van der Waals surface area contributed by atoms with E-state index in [9.17, 15) is 9.59 Å². The molecule has 2 aliphatic heterocycles. The number of nitrogens with two attached hydrogens (primary N) is 3. The minimum atomic E-state index is -0.454. The summed E-state index contributed by atoms with van der Waals surface area (Å²) in [4.78, 5) is 45.7. The van der Waals surface area contributed by atoms with E-state index in [1.807, 2.05) is 67.0 Å². The molecule has 4 fully saturated rings. The Balaban J connectivity index is 0.000000130. The van der Waals surface area contributed by atoms with Crippen molar-refractivity contribution in [3.63, 3.8) is 0 Å². The Kier molecular flexibility index (Phi) is 12.2. The van der Waals surface area contributed by atoms with Gasteiger partial charge in [-0.3, -0.25) is 9.59 Å². The lowest BCUT2D eigenvalue weighted by molar-refractivity contribution is 0.0992. The number of aromatic nitrogens is 8. The molecule has 12 rings (SSSR count). The fraction of sp³-hybridized carbons (Fsp3) is 0.280. The highest BCUT2D eigenvalue weighted by Gasteiger charge is 2.39. The molecule has 2 aliphatic carbocycles. The molecule has 2 amide bonds. The Hall–Kier alpha value is -7.40. The van der Waals surface area contributed by atoms with Crippen LogP contribution < -0.4 is 32.3 Å². The third-order valence-electron chi connectivity index (χ3n) is 13.5. The van der Waals surface area contributed by atoms with Gasteiger partial charge in [0.1, 0.15) is 35.9 Å². The molecule has 16 nitrogen and oxygen atoms in total. The number of hydrogen-bond acceptors (Lipinski definition) is 12. The maximum Gasteiger partial charge on any atom is 0.248 e. The lowest BCUT2D eigenvalue weighted by Gasteiger charge is -2.25. The van der Waals surface area contributed by atoms with E-state index in [-0.39, 0.29) is 0 Å². The zero-order valence-electron chi connectivity index (χ0n) is 36.8. The third kappa shape index (κ3) is 9.23. The lowest BCUT2D eigenvalue weighted by Crippen LogP contribution is -2.30. The molecule has 8 aromatic rings. The molecule has 4 atom stereocenters. The number of nitrogens with zero attached hydrogens (tertiary/aromatic N) is 10. The number of carbonyl (C=O) groups is 2. The van der Waals surface area contributed by atoms with Crippen LogP contribution in [0.5, 0.6) is 0 Å². The van der Waals surface area contributed by atoms with Gasteiger partial charge in [-0.05, 0) is 138 Å². The van der Waals surface area contributed by atoms with Crippen molar-refractivity contribution in [3.8, 4) is 22.3 Å². The molecular weight excluding hydrogens is 909 g/mol. The van der Waals surface area contributed by atoms with Crippen LogP contribution in [-0.4, -0.2) is 76.2 Å². The van der Waals surface area contributed by atoms with Gasteiger partial charge in [0, 0.05) is 59.8 Å². The molecule has 4 aliphatic rings. The molecule has 17 heteroatoms. The molecule has 7 N–H and O–H groups in total. The predicted molar refractivity (Wildman–Crippen MR) is 264 cm³/mol. The normalized spacial score (nSPS) is 19.4. The van der Waals surface area contributed by atoms with Crippen molar-refractivity contribution in [1.82, 2.24) is 39.2 Å². The minimum absolute atomic E-state index is 0.442. The van der Waals surface area contributed by atoms with Gasteiger partial charge in [0.25, 0.3) is 0 Å². The average molecular weight is 960 g/mol. The van der Waals surface area contributed by atoms with Gasteiger partial charge < -0.3 is 32.3 Å². The summed E-state index contributed by atoms with van der Waals surface area (Å²) in [5, 5.41) is 11.9. The summed E-state index contributed by atoms with van der Waals surface area (Å²) in [5.74, 6) is 4.32. The number of nitrogens with one attached hydrogen (secondary N) is 1. The second-order valence-corrected chi connectivity index (χ2v) is 18.4. The van der Waals surface area contributed by atoms with Crippen molar-refractivity contribution in [2.24, 2.45) is 23.3 Å². The topological polar surface area (TPSA) is 217 Å². The smallest absolute Gasteiger partial charge is 0.248 e. The molecule has 8 heterocycles. The standard InChI is InChI=1S/C25H25N7O.C13H9BrN4O.C12H17N3/c26-24(33)18-6-1-5-17(12-18)19-13-20(25-27-15-28-32(25)14-19)29-22-8-3-9-23(30-22)31-11-10-16-4-2-7-21(16)31;14-11-5-10(6-18-13(11)16-7-17-18)8-2-1-3-9(4-8)12(15)19;13-11-5-2-6-12(14-11)15-8-7-9-3-1-4-10(9)15/h1,3,5-6,8-9,12-16,21H,2,4,7,10-11H2,(H2,26,33)(H,29,30);1-7H,(H2,15,19);2,5-6,9-10H,1,3-4,7-8H2,(H2,13,14)/t16-,21-;;9-,10-/m0.0/s1. The zero-order valence-corrected chi connectivity index (χ0v) is 38.4. The average Bonchev–Trinajstić information content (AvgIpc) is 4.20. The van der Waals surface area contributed by atoms with Crippen LogP contribution >= 0.6 is 15.9 Å². The first-order chi connectivity index (χ1) is 32.6. The van der Waals surface area contributed by atoms with Crippen molar-refractivity contribution in [3.05, 3.63) is 138 Å². The van der Waals surface area contributed by atoms with Gasteiger partial charge in [-0.15, -0.1) is 0 Å². The molecule has 0 radical (unpaired) electrons. The lowest BCUT2D eigenvalue weighted by atomic mass is 10.0. The largest absolute Gasteiger partial charge is 0.384 e. The summed E-state index contributed by atoms with van der Waals surface area (Å²) in [6.07, 6.45) is 17.4. The van der Waals surface area contributed by atoms with Crippen molar-refractivity contribution < 1.29 is 9.59 Å². The number of pyridine rings is 4. The fourth-order valence-corrected chi connectivity index (χ4v) is 10.9. The first-order valence-corrected chi connectivity index (χ1v) is 23.6. The number of amides is 2. The zero-order chi connectivity index (χ0) is 46.0. The Morgan fingerprint density at radius 3 is 1.73 bits per heavy atom. The van der Waals surface area contributed by atoms with Crippen LogP contribution in [-0.2, 0) is 0 Å². The number of rotatable bonds is 8. The molecule has 2 saturated heterocycles. The Labute approximate surface area is 395 Å². The van der Waals surface area contributed by atoms with Gasteiger partial charge in [0.05, 0.1) is 10.2 Å². The number of primary amides is 2. The summed E-state index contributed by atoms with van der Waals surface area (Å²) in [6, 6.07) is 31.8. The van der Waals surface area contributed by atoms with Crippen LogP contribution in [0.4, 0.5) is 29.0 Å². The van der Waals surface area contributed by atoms with Gasteiger partial charge in [0.15, 0.2) is 11.3 Å². The number of fused-ring (bicyclic) bond motifs is 4. The Bertz CT molecular complexity index is 3100. The van der Waals surface area contributed by atoms with E-state index in [0.717, 1.165) is 86.5 Å². The fourth-order valence-electron chi connectivity index (χ4n) is 10.4. The van der Waals surface area contributed by atoms with Gasteiger partial charge >= 0.3 is 0 Å². The van der Waals surface area contributed by atoms with Gasteiger partial charge in [-0.2, -0.15) is 10.2 Å². The summed E-state index contributed by atoms with van der Waals surface area (Å²) >= 11 is 3.46. The summed E-state index contributed by atoms with van der Waals surface area (Å²) < 4.78 is 4.24. The quantitative estimate of drug-likeness (QED) is 0.113. The van der Waals surface area contributed by atoms with E-state index in [2.05, 4.69) is 68.3 Å². The minimum Gasteiger partial charge on any atom is -0.384 e. The maximum atomic E-state index is 11.6. The highest BCUT2D eigenvalue weighted by atomic mass is 79.9. The van der Waals surface area contributed by atoms with E-state index in [1.165, 1.54) is 64.0 Å². The molecule has 0 unspecified atom stereocenters. The molecule has 0 spiro atoms. The van der Waals surface area contributed by atoms with Crippen molar-refractivity contribution in [2.75, 3.05) is 33.9 Å². The summed E-state index contributed by atoms with van der Waals surface area (Å²) in [6.45, 7) is 2.23. The number of nitrogen functional groups attached to an aromatic ring is 1. The second-order valence-electron chi connectivity index (χ2n) is 17.6. The first kappa shape index (κ1) is 43.5. The van der Waals surface area contributed by atoms with Gasteiger partial charge in [-0.1, -0.05) is 49.2 Å². The molecule has 6 aromatic heterocycles. The van der Waals surface area contributed by atoms with Crippen molar-refractivity contribution >= 4 is 68.0 Å². The van der Waals surface area contributed by atoms with E-state index in [0.29, 0.717) is 28.6 Å². The van der Waals surface area contributed by atoms with Crippen molar-refractivity contribution in [2.45, 2.75) is 63.5 Å². The van der Waals surface area contributed by atoms with Crippen LogP contribution in [0.15, 0.2) is 127 Å². The van der Waals surface area contributed by atoms with E-state index >= 15 is 0 Å². The maximum absolute atomic E-state index is 11.6. The highest BCUT2D eigenvalue weighted by Crippen LogP contribution is 2.41. The van der Waals surface area contributed by atoms with E-state index in [4.69, 9.17) is 22.2 Å². The monoisotopic (exact) mass is 958 g/mol. The highest BCUT2D eigenvalue weighted by molar-refractivity contribution is 9.10. The van der Waals surface area contributed by atoms with Gasteiger partial charge in [0.2, 0.25) is 11.8 Å². The molecule has 340 valence electrons. The SMILES string of the molecule is NC(=O)c1cccc(-c2cc(Br)c3ncnn3c2)c1.NC(=O)c1cccc(-c2cc(Nc3cccc(N4CC[C@@H]5CCC[C@@H]54)n3)c3ncnn3c2)c1.Nc1cccc(N2CC[C@@H]3CCC[C@@H]32)n1. The molecule has 67 heavy (non-hydrogen) atoms. The summed E-state index contributed by atoms with van der Waals surface area (Å²) in [5.41, 5.74) is 23.3. The predicted octanol–water partition coefficient (Wildman–Crippen LogP) is 8.31. The van der Waals surface area contributed by atoms with Crippen molar-refractivity contribution in [1.29, 1.82) is 0 Å². The molecule has 2 aromatic carbocycles. The van der Waals surface area contributed by atoms with Crippen LogP contribution in [0.1, 0.15) is 72.1 Å². The number of anilines is 5. The number of halogens is 1. The Morgan fingerprint density at radius 2 is 1.13 bits per heavy atom. The number of hydrogen-bond donors (Lipinski definition) is 4. The first-order valence-electron chi connectivity index (χ1n) is 22.8. The number of benzene rings is 2. The van der Waals surface area contributed by atoms with E-state index in [1.54, 1.807) is 39.4 Å². The van der Waals surface area contributed by atoms with Crippen LogP contribution in [0.3, 0.4) is 0 Å². The molecule has 2 saturated carbocycles. The second kappa shape index (κ2) is 18.8. The van der Waals surface area contributed by atoms with E-state index < -0.39 is 11.8 Å². The Morgan fingerprint density at radius 1 is 0.597 bits per heavy atom. The van der Waals surface area contributed by atoms with Crippen LogP contribution in [0, 0.1) is 11.8 Å². The third-order valence-corrected chi connectivity index (χ3v) is 14.1. The van der Waals surface area contributed by atoms with Gasteiger partial charge in [-0.25, -0.2) is 29.0 Å². The molecule has 0 bridgehead atoms. The van der Waals surface area contributed by atoms with Crippen LogP contribution in [0.2, 0.25) is 0 Å². The summed E-state index contributed by atoms with van der Waals surface area (Å²) in [7, 11) is 0. The molecular formula is C50H51BrN14O2. The number of carbonyl (C=O) groups excluding carboxylic acids is 2.